The molecule has 0 spiro atoms. The molecular weight excluding hydrogens is 480 g/mol. The Labute approximate surface area is 240 Å². The van der Waals surface area contributed by atoms with Crippen LogP contribution in [0.1, 0.15) is 129 Å². The van der Waals surface area contributed by atoms with Gasteiger partial charge in [-0.15, -0.1) is 0 Å². The number of nitrogens with one attached hydrogen (secondary N) is 1. The van der Waals surface area contributed by atoms with E-state index in [1.54, 1.807) is 0 Å². The highest BCUT2D eigenvalue weighted by molar-refractivity contribution is 5.80. The van der Waals surface area contributed by atoms with Gasteiger partial charge >= 0.3 is 0 Å². The van der Waals surface area contributed by atoms with Gasteiger partial charge in [-0.05, 0) is 100 Å². The molecule has 4 saturated carbocycles. The number of hydrogen-bond acceptors (Lipinski definition) is 4. The molecule has 0 unspecified atom stereocenters. The predicted octanol–water partition coefficient (Wildman–Crippen LogP) is 6.84. The summed E-state index contributed by atoms with van der Waals surface area (Å²) in [6, 6.07) is 1.04. The minimum atomic E-state index is 0.494. The Bertz CT molecular complexity index is 788. The van der Waals surface area contributed by atoms with E-state index < -0.39 is 0 Å². The van der Waals surface area contributed by atoms with Gasteiger partial charge < -0.3 is 20.4 Å². The summed E-state index contributed by atoms with van der Waals surface area (Å²) in [6.45, 7) is 9.75. The van der Waals surface area contributed by atoms with E-state index in [1.165, 1.54) is 116 Å². The van der Waals surface area contributed by atoms with Crippen molar-refractivity contribution >= 4 is 11.9 Å². The molecule has 0 aromatic rings. The van der Waals surface area contributed by atoms with Crippen LogP contribution in [0.2, 0.25) is 0 Å². The van der Waals surface area contributed by atoms with Crippen molar-refractivity contribution in [3.63, 3.8) is 0 Å². The summed E-state index contributed by atoms with van der Waals surface area (Å²) in [4.78, 5) is 12.0. The maximum atomic E-state index is 8.94. The average molecular weight is 541 g/mol. The molecule has 2 atom stereocenters. The number of hydrogen-bond donors (Lipinski definition) is 2. The van der Waals surface area contributed by atoms with Crippen molar-refractivity contribution in [3.8, 4) is 0 Å². The van der Waals surface area contributed by atoms with Crippen molar-refractivity contribution in [1.82, 2.24) is 14.7 Å². The van der Waals surface area contributed by atoms with Crippen LogP contribution in [0.3, 0.4) is 0 Å². The molecule has 4 aliphatic carbocycles. The maximum absolute atomic E-state index is 8.94. The van der Waals surface area contributed by atoms with Gasteiger partial charge in [0, 0.05) is 32.2 Å². The molecular formula is C33H60N6. The summed E-state index contributed by atoms with van der Waals surface area (Å²) in [7, 11) is 0. The van der Waals surface area contributed by atoms with Gasteiger partial charge in [-0.25, -0.2) is 0 Å². The molecule has 6 nitrogen and oxygen atoms in total. The lowest BCUT2D eigenvalue weighted by molar-refractivity contribution is -0.0597. The maximum Gasteiger partial charge on any atom is 0.194 e. The number of guanidine groups is 2. The predicted molar refractivity (Wildman–Crippen MR) is 164 cm³/mol. The van der Waals surface area contributed by atoms with E-state index in [4.69, 9.17) is 16.1 Å². The quantitative estimate of drug-likeness (QED) is 0.198. The van der Waals surface area contributed by atoms with Gasteiger partial charge in [0.1, 0.15) is 0 Å². The SMILES string of the molecule is CCCCCCCN1C(=N)N(CCCC[C@H]2CN=C(N)N2CCC23CC4CC(CC(C4)C2)C3)C[C@@H]1CCCC. The third kappa shape index (κ3) is 7.07. The summed E-state index contributed by atoms with van der Waals surface area (Å²) in [6.07, 6.45) is 24.3. The first-order valence-electron chi connectivity index (χ1n) is 17.2. The highest BCUT2D eigenvalue weighted by atomic mass is 15.4. The molecule has 1 saturated heterocycles. The van der Waals surface area contributed by atoms with Crippen LogP contribution in [0.4, 0.5) is 0 Å². The van der Waals surface area contributed by atoms with Crippen LogP contribution in [0, 0.1) is 28.6 Å². The van der Waals surface area contributed by atoms with Crippen molar-refractivity contribution < 1.29 is 0 Å². The fourth-order valence-corrected chi connectivity index (χ4v) is 9.61. The van der Waals surface area contributed by atoms with E-state index in [0.717, 1.165) is 62.4 Å². The minimum absolute atomic E-state index is 0.494. The molecule has 2 aliphatic heterocycles. The summed E-state index contributed by atoms with van der Waals surface area (Å²) in [5, 5.41) is 8.94. The fourth-order valence-electron chi connectivity index (χ4n) is 9.61. The highest BCUT2D eigenvalue weighted by Gasteiger charge is 2.50. The second kappa shape index (κ2) is 13.5. The molecule has 6 aliphatic rings. The number of nitrogens with zero attached hydrogens (tertiary/aromatic N) is 4. The summed E-state index contributed by atoms with van der Waals surface area (Å²) < 4.78 is 0. The largest absolute Gasteiger partial charge is 0.370 e. The van der Waals surface area contributed by atoms with E-state index in [2.05, 4.69) is 28.5 Å². The lowest BCUT2D eigenvalue weighted by atomic mass is 9.49. The number of unbranched alkanes of at least 4 members (excludes halogenated alkanes) is 6. The molecule has 0 aromatic carbocycles. The van der Waals surface area contributed by atoms with Crippen molar-refractivity contribution in [3.05, 3.63) is 0 Å². The second-order valence-corrected chi connectivity index (χ2v) is 14.4. The molecule has 6 heteroatoms. The zero-order valence-corrected chi connectivity index (χ0v) is 25.5. The molecule has 39 heavy (non-hydrogen) atoms. The smallest absolute Gasteiger partial charge is 0.194 e. The zero-order chi connectivity index (χ0) is 27.2. The van der Waals surface area contributed by atoms with Crippen molar-refractivity contribution in [2.75, 3.05) is 32.7 Å². The Hall–Kier alpha value is -1.46. The van der Waals surface area contributed by atoms with Gasteiger partial charge in [0.05, 0.1) is 12.6 Å². The van der Waals surface area contributed by atoms with Gasteiger partial charge in [-0.3, -0.25) is 10.4 Å². The zero-order valence-electron chi connectivity index (χ0n) is 25.5. The van der Waals surface area contributed by atoms with Crippen LogP contribution in [0.15, 0.2) is 4.99 Å². The van der Waals surface area contributed by atoms with Crippen LogP contribution in [-0.4, -0.2) is 71.4 Å². The third-order valence-electron chi connectivity index (χ3n) is 11.3. The van der Waals surface area contributed by atoms with Gasteiger partial charge in [-0.1, -0.05) is 52.4 Å². The van der Waals surface area contributed by atoms with Crippen molar-refractivity contribution in [1.29, 1.82) is 5.41 Å². The van der Waals surface area contributed by atoms with Gasteiger partial charge in [0.15, 0.2) is 11.9 Å². The van der Waals surface area contributed by atoms with E-state index >= 15 is 0 Å². The summed E-state index contributed by atoms with van der Waals surface area (Å²) >= 11 is 0. The molecule has 3 N–H and O–H groups in total. The molecule has 6 rings (SSSR count). The first-order chi connectivity index (χ1) is 19.0. The molecule has 5 fully saturated rings. The van der Waals surface area contributed by atoms with Crippen LogP contribution in [0.25, 0.3) is 0 Å². The lowest BCUT2D eigenvalue weighted by Crippen LogP contribution is -2.49. The topological polar surface area (TPSA) is 72.0 Å². The monoisotopic (exact) mass is 540 g/mol. The van der Waals surface area contributed by atoms with E-state index in [9.17, 15) is 0 Å². The number of nitrogens with two attached hydrogens (primary N) is 1. The van der Waals surface area contributed by atoms with Crippen LogP contribution >= 0.6 is 0 Å². The lowest BCUT2D eigenvalue weighted by Gasteiger charge is -2.57. The van der Waals surface area contributed by atoms with E-state index in [0.29, 0.717) is 17.5 Å². The normalized spacial score (nSPS) is 33.6. The Kier molecular flexibility index (Phi) is 10.0. The van der Waals surface area contributed by atoms with Crippen LogP contribution in [-0.2, 0) is 0 Å². The molecule has 4 bridgehead atoms. The van der Waals surface area contributed by atoms with Gasteiger partial charge in [-0.2, -0.15) is 0 Å². The Balaban J connectivity index is 1.04. The standard InChI is InChI=1S/C33H60N6/c1-3-5-7-8-10-16-39-30(12-6-4-2)25-37(32(39)35)15-11-9-13-29-24-36-31(34)38(29)17-14-33-21-26-18-27(22-33)20-28(19-26)23-33/h26-30,35H,3-25H2,1-2H3,(H2,34,36)/t26?,27?,28?,29-,30-,33?/m0/s1. The first-order valence-corrected chi connectivity index (χ1v) is 17.2. The minimum Gasteiger partial charge on any atom is -0.370 e. The second-order valence-electron chi connectivity index (χ2n) is 14.4. The Morgan fingerprint density at radius 1 is 0.769 bits per heavy atom. The third-order valence-corrected chi connectivity index (χ3v) is 11.3. The van der Waals surface area contributed by atoms with Gasteiger partial charge in [0.25, 0.3) is 0 Å². The molecule has 0 aromatic heterocycles. The Morgan fingerprint density at radius 2 is 1.41 bits per heavy atom. The fraction of sp³-hybridized carbons (Fsp3) is 0.939. The van der Waals surface area contributed by atoms with Crippen molar-refractivity contribution in [2.24, 2.45) is 33.9 Å². The van der Waals surface area contributed by atoms with Gasteiger partial charge in [0.2, 0.25) is 0 Å². The van der Waals surface area contributed by atoms with Crippen LogP contribution < -0.4 is 5.73 Å². The molecule has 222 valence electrons. The molecule has 0 radical (unpaired) electrons. The van der Waals surface area contributed by atoms with Crippen molar-refractivity contribution in [2.45, 2.75) is 142 Å². The van der Waals surface area contributed by atoms with E-state index in [-0.39, 0.29) is 0 Å². The Morgan fingerprint density at radius 3 is 2.10 bits per heavy atom. The molecule has 0 amide bonds. The summed E-state index contributed by atoms with van der Waals surface area (Å²) in [5.41, 5.74) is 7.06. The molecule has 2 heterocycles. The summed E-state index contributed by atoms with van der Waals surface area (Å²) in [5.74, 6) is 4.69. The van der Waals surface area contributed by atoms with E-state index in [1.807, 2.05) is 0 Å². The van der Waals surface area contributed by atoms with Crippen LogP contribution in [0.5, 0.6) is 0 Å². The number of aliphatic imine (C=N–C) groups is 1. The average Bonchev–Trinajstić information content (AvgIpc) is 3.41. The first kappa shape index (κ1) is 29.0. The highest BCUT2D eigenvalue weighted by Crippen LogP contribution is 2.61. The number of rotatable bonds is 17.